The average molecular weight is 509 g/mol. The van der Waals surface area contributed by atoms with Gasteiger partial charge in [0.1, 0.15) is 6.61 Å². The smallest absolute Gasteiger partial charge is 0.163 e. The van der Waals surface area contributed by atoms with E-state index >= 15 is 0 Å². The van der Waals surface area contributed by atoms with Crippen LogP contribution in [0.5, 0.6) is 0 Å². The van der Waals surface area contributed by atoms with Crippen molar-refractivity contribution in [2.45, 2.75) is 124 Å². The van der Waals surface area contributed by atoms with Crippen LogP contribution in [0.15, 0.2) is 11.6 Å². The van der Waals surface area contributed by atoms with Crippen LogP contribution >= 0.6 is 0 Å². The summed E-state index contributed by atoms with van der Waals surface area (Å²) in [4.78, 5) is 0. The van der Waals surface area contributed by atoms with Gasteiger partial charge in [-0.3, -0.25) is 0 Å². The molecular formula is C34H52O3. The molecule has 206 valence electrons. The Bertz CT molecular complexity index is 988. The second-order valence-corrected chi connectivity index (χ2v) is 15.9. The lowest BCUT2D eigenvalue weighted by Crippen LogP contribution is -2.63. The van der Waals surface area contributed by atoms with E-state index in [0.717, 1.165) is 30.8 Å². The van der Waals surface area contributed by atoms with Gasteiger partial charge in [0.2, 0.25) is 0 Å². The van der Waals surface area contributed by atoms with Crippen LogP contribution < -0.4 is 0 Å². The molecular weight excluding hydrogens is 456 g/mol. The third-order valence-corrected chi connectivity index (χ3v) is 13.0. The monoisotopic (exact) mass is 508 g/mol. The maximum atomic E-state index is 6.49. The van der Waals surface area contributed by atoms with E-state index in [4.69, 9.17) is 20.6 Å². The van der Waals surface area contributed by atoms with Gasteiger partial charge in [-0.2, -0.15) is 0 Å². The van der Waals surface area contributed by atoms with E-state index in [1.165, 1.54) is 51.4 Å². The first-order chi connectivity index (χ1) is 17.3. The zero-order chi connectivity index (χ0) is 26.4. The molecule has 0 aromatic carbocycles. The molecule has 1 heterocycles. The Balaban J connectivity index is 1.31. The summed E-state index contributed by atoms with van der Waals surface area (Å²) in [6.45, 7) is 18.3. The Kier molecular flexibility index (Phi) is 6.13. The van der Waals surface area contributed by atoms with Crippen LogP contribution in [0.2, 0.25) is 0 Å². The fourth-order valence-electron chi connectivity index (χ4n) is 11.2. The van der Waals surface area contributed by atoms with Crippen molar-refractivity contribution >= 4 is 0 Å². The number of fused-ring (bicyclic) bond motifs is 9. The predicted octanol–water partition coefficient (Wildman–Crippen LogP) is 7.79. The minimum atomic E-state index is -0.426. The van der Waals surface area contributed by atoms with Gasteiger partial charge in [-0.1, -0.05) is 52.2 Å². The molecule has 1 saturated heterocycles. The number of hydrogen-bond acceptors (Lipinski definition) is 3. The van der Waals surface area contributed by atoms with Crippen LogP contribution in [0.4, 0.5) is 0 Å². The topological polar surface area (TPSA) is 27.7 Å². The van der Waals surface area contributed by atoms with Crippen molar-refractivity contribution in [1.82, 2.24) is 0 Å². The molecule has 5 fully saturated rings. The summed E-state index contributed by atoms with van der Waals surface area (Å²) in [6, 6.07) is 0. The summed E-state index contributed by atoms with van der Waals surface area (Å²) >= 11 is 0. The normalized spacial score (nSPS) is 51.7. The molecule has 1 aliphatic heterocycles. The summed E-state index contributed by atoms with van der Waals surface area (Å²) in [5, 5.41) is 0. The standard InChI is InChI=1S/C34H52O3/c1-9-18-35-29-20-30(2,3)19-26-22-10-11-28-32(6,24(22)13-16-34(26,29)8)15-12-25-23-21-36-31(4,5)37-27(23)14-17-33(25,28)7/h1,10,23-29H,11-21H2,2-8H3. The van der Waals surface area contributed by atoms with Gasteiger partial charge in [-0.05, 0) is 112 Å². The largest absolute Gasteiger partial charge is 0.365 e. The van der Waals surface area contributed by atoms with Crippen LogP contribution in [0.1, 0.15) is 106 Å². The number of ether oxygens (including phenoxy) is 3. The first kappa shape index (κ1) is 26.4. The van der Waals surface area contributed by atoms with Crippen molar-refractivity contribution in [3.05, 3.63) is 11.6 Å². The Morgan fingerprint density at radius 3 is 2.41 bits per heavy atom. The number of rotatable bonds is 2. The van der Waals surface area contributed by atoms with E-state index in [2.05, 4.69) is 60.5 Å². The van der Waals surface area contributed by atoms with Crippen LogP contribution in [-0.2, 0) is 14.2 Å². The molecule has 10 atom stereocenters. The number of hydrogen-bond donors (Lipinski definition) is 0. The quantitative estimate of drug-likeness (QED) is 0.281. The molecule has 0 N–H and O–H groups in total. The fourth-order valence-corrected chi connectivity index (χ4v) is 11.2. The Labute approximate surface area is 226 Å². The molecule has 0 aromatic heterocycles. The summed E-state index contributed by atoms with van der Waals surface area (Å²) in [6.07, 6.45) is 20.5. The second-order valence-electron chi connectivity index (χ2n) is 15.9. The Morgan fingerprint density at radius 1 is 0.919 bits per heavy atom. The highest BCUT2D eigenvalue weighted by molar-refractivity contribution is 5.29. The molecule has 10 unspecified atom stereocenters. The third kappa shape index (κ3) is 3.94. The zero-order valence-electron chi connectivity index (χ0n) is 24.7. The van der Waals surface area contributed by atoms with Crippen molar-refractivity contribution in [1.29, 1.82) is 0 Å². The molecule has 0 spiro atoms. The predicted molar refractivity (Wildman–Crippen MR) is 149 cm³/mol. The van der Waals surface area contributed by atoms with E-state index in [0.29, 0.717) is 40.8 Å². The van der Waals surface area contributed by atoms with Crippen molar-refractivity contribution in [3.63, 3.8) is 0 Å². The number of terminal acetylenes is 1. The first-order valence-electron chi connectivity index (χ1n) is 15.4. The Hall–Kier alpha value is -0.820. The van der Waals surface area contributed by atoms with Crippen LogP contribution in [-0.4, -0.2) is 31.2 Å². The van der Waals surface area contributed by atoms with Gasteiger partial charge < -0.3 is 14.2 Å². The van der Waals surface area contributed by atoms with Crippen molar-refractivity contribution in [2.75, 3.05) is 13.2 Å². The van der Waals surface area contributed by atoms with Gasteiger partial charge in [0.05, 0.1) is 18.8 Å². The van der Waals surface area contributed by atoms with Gasteiger partial charge in [-0.25, -0.2) is 0 Å². The third-order valence-electron chi connectivity index (χ3n) is 13.0. The summed E-state index contributed by atoms with van der Waals surface area (Å²) in [7, 11) is 0. The second kappa shape index (κ2) is 8.59. The summed E-state index contributed by atoms with van der Waals surface area (Å²) < 4.78 is 19.1. The fraction of sp³-hybridized carbons (Fsp3) is 0.882. The maximum absolute atomic E-state index is 6.49. The van der Waals surface area contributed by atoms with Crippen molar-refractivity contribution < 1.29 is 14.2 Å². The van der Waals surface area contributed by atoms with E-state index in [1.54, 1.807) is 5.57 Å². The van der Waals surface area contributed by atoms with Gasteiger partial charge in [0, 0.05) is 11.3 Å². The SMILES string of the molecule is C#CCOC1CC(C)(C)CC2C3=CCC4C(C)(CCC5C6COC(C)(C)OC6CCC54C)C3CCC12C. The van der Waals surface area contributed by atoms with E-state index in [-0.39, 0.29) is 11.5 Å². The lowest BCUT2D eigenvalue weighted by molar-refractivity contribution is -0.321. The van der Waals surface area contributed by atoms with Crippen molar-refractivity contribution in [3.8, 4) is 12.3 Å². The van der Waals surface area contributed by atoms with Crippen LogP contribution in [0, 0.1) is 63.6 Å². The summed E-state index contributed by atoms with van der Waals surface area (Å²) in [5.41, 5.74) is 3.09. The van der Waals surface area contributed by atoms with E-state index in [1.807, 2.05) is 0 Å². The maximum Gasteiger partial charge on any atom is 0.163 e. The highest BCUT2D eigenvalue weighted by Gasteiger charge is 2.64. The van der Waals surface area contributed by atoms with Gasteiger partial charge >= 0.3 is 0 Å². The molecule has 3 nitrogen and oxygen atoms in total. The molecule has 37 heavy (non-hydrogen) atoms. The molecule has 4 saturated carbocycles. The van der Waals surface area contributed by atoms with Crippen LogP contribution in [0.3, 0.4) is 0 Å². The molecule has 6 rings (SSSR count). The highest BCUT2D eigenvalue weighted by atomic mass is 16.7. The minimum absolute atomic E-state index is 0.209. The number of allylic oxidation sites excluding steroid dienone is 2. The summed E-state index contributed by atoms with van der Waals surface area (Å²) in [5.74, 6) is 5.72. The average Bonchev–Trinajstić information content (AvgIpc) is 2.82. The first-order valence-corrected chi connectivity index (χ1v) is 15.4. The highest BCUT2D eigenvalue weighted by Crippen LogP contribution is 2.71. The minimum Gasteiger partial charge on any atom is -0.365 e. The molecule has 3 heteroatoms. The lowest BCUT2D eigenvalue weighted by atomic mass is 9.38. The molecule has 0 aromatic rings. The van der Waals surface area contributed by atoms with Gasteiger partial charge in [0.25, 0.3) is 0 Å². The van der Waals surface area contributed by atoms with Crippen LogP contribution in [0.25, 0.3) is 0 Å². The Morgan fingerprint density at radius 2 is 1.65 bits per heavy atom. The van der Waals surface area contributed by atoms with Crippen molar-refractivity contribution in [2.24, 2.45) is 51.2 Å². The van der Waals surface area contributed by atoms with Gasteiger partial charge in [-0.15, -0.1) is 6.42 Å². The zero-order valence-corrected chi connectivity index (χ0v) is 24.7. The van der Waals surface area contributed by atoms with Gasteiger partial charge in [0.15, 0.2) is 5.79 Å². The lowest BCUT2D eigenvalue weighted by Gasteiger charge is -2.68. The van der Waals surface area contributed by atoms with E-state index < -0.39 is 5.79 Å². The van der Waals surface area contributed by atoms with E-state index in [9.17, 15) is 0 Å². The molecule has 0 radical (unpaired) electrons. The molecule has 0 amide bonds. The molecule has 6 aliphatic rings. The molecule has 0 bridgehead atoms. The molecule has 5 aliphatic carbocycles.